The number of hydrogen-bond acceptors (Lipinski definition) is 1. The van der Waals surface area contributed by atoms with Gasteiger partial charge in [0.1, 0.15) is 0 Å². The number of halogens is 2. The first-order valence-electron chi connectivity index (χ1n) is 13.0. The van der Waals surface area contributed by atoms with Gasteiger partial charge in [-0.15, -0.1) is 64.9 Å². The van der Waals surface area contributed by atoms with Crippen LogP contribution in [0.4, 0.5) is 5.69 Å². The molecule has 0 atom stereocenters. The van der Waals surface area contributed by atoms with Gasteiger partial charge in [-0.25, -0.2) is 12.2 Å². The molecule has 198 valence electrons. The van der Waals surface area contributed by atoms with Crippen molar-refractivity contribution >= 4 is 55.3 Å². The molecule has 0 radical (unpaired) electrons. The van der Waals surface area contributed by atoms with Crippen LogP contribution in [0, 0.1) is 6.08 Å². The van der Waals surface area contributed by atoms with Crippen LogP contribution in [0.1, 0.15) is 31.4 Å². The van der Waals surface area contributed by atoms with Gasteiger partial charge in [0.15, 0.2) is 0 Å². The molecule has 1 aliphatic rings. The molecule has 0 bridgehead atoms. The standard InChI is InChI=1S/C17H18N.C13H10.C5H5.2ClH.Hf/c1-3-18(4-2)15-9-10-17-14(12-15)11-13-7-5-6-8-16(13)17;1-3-7-12(8-4-1)11-13-9-5-2-6-10-13;1-2-4-5-3-1;;;/h5-12H,3-4H2,1-2H3;1-10H;1-3H,4H2;2*1H;/q-1;;-1;;;+2. The monoisotopic (exact) mass is 719 g/mol. The van der Waals surface area contributed by atoms with E-state index < -0.39 is 0 Å². The van der Waals surface area contributed by atoms with Gasteiger partial charge in [-0.2, -0.15) is 6.08 Å². The zero-order valence-electron chi connectivity index (χ0n) is 22.5. The van der Waals surface area contributed by atoms with Crippen molar-refractivity contribution in [2.45, 2.75) is 20.3 Å². The van der Waals surface area contributed by atoms with Crippen molar-refractivity contribution in [3.05, 3.63) is 145 Å². The number of rotatable bonds is 5. The third-order valence-corrected chi connectivity index (χ3v) is 8.51. The summed E-state index contributed by atoms with van der Waals surface area (Å²) >= 11 is 1.08. The molecule has 0 aliphatic heterocycles. The normalized spacial score (nSPS) is 11.0. The molecular formula is C35H35Cl2HfN. The predicted molar refractivity (Wildman–Crippen MR) is 173 cm³/mol. The number of benzene rings is 4. The van der Waals surface area contributed by atoms with E-state index >= 15 is 0 Å². The van der Waals surface area contributed by atoms with Gasteiger partial charge in [-0.1, -0.05) is 36.4 Å². The molecule has 1 aliphatic carbocycles. The van der Waals surface area contributed by atoms with Gasteiger partial charge < -0.3 is 4.90 Å². The van der Waals surface area contributed by atoms with Gasteiger partial charge in [-0.05, 0) is 13.8 Å². The molecule has 0 N–H and O–H groups in total. The van der Waals surface area contributed by atoms with Crippen LogP contribution in [0.3, 0.4) is 0 Å². The second kappa shape index (κ2) is 17.1. The molecule has 5 aromatic rings. The quantitative estimate of drug-likeness (QED) is 0.129. The van der Waals surface area contributed by atoms with Crippen LogP contribution in [0.5, 0.6) is 0 Å². The molecule has 0 fully saturated rings. The summed E-state index contributed by atoms with van der Waals surface area (Å²) in [5.74, 6) is 0. The van der Waals surface area contributed by atoms with E-state index in [2.05, 4.69) is 140 Å². The van der Waals surface area contributed by atoms with Crippen molar-refractivity contribution in [3.8, 4) is 0 Å². The van der Waals surface area contributed by atoms with Gasteiger partial charge in [0.2, 0.25) is 0 Å². The maximum atomic E-state index is 2.99. The van der Waals surface area contributed by atoms with Crippen LogP contribution in [-0.4, -0.2) is 16.3 Å². The van der Waals surface area contributed by atoms with Gasteiger partial charge in [0.25, 0.3) is 0 Å². The Bertz CT molecular complexity index is 1430. The predicted octanol–water partition coefficient (Wildman–Crippen LogP) is 9.51. The fraction of sp³-hybridized carbons (Fsp3) is 0.143. The van der Waals surface area contributed by atoms with E-state index in [9.17, 15) is 0 Å². The van der Waals surface area contributed by atoms with Crippen molar-refractivity contribution in [1.82, 2.24) is 0 Å². The molecule has 5 aromatic carbocycles. The summed E-state index contributed by atoms with van der Waals surface area (Å²) in [6, 6.07) is 38.9. The molecule has 0 unspecified atom stereocenters. The Hall–Kier alpha value is -2.65. The maximum absolute atomic E-state index is 2.99. The van der Waals surface area contributed by atoms with Crippen LogP contribution >= 0.6 is 24.8 Å². The first-order valence-corrected chi connectivity index (χ1v) is 14.7. The second-order valence-corrected chi connectivity index (χ2v) is 10.6. The third-order valence-electron chi connectivity index (χ3n) is 6.44. The molecule has 0 aromatic heterocycles. The first kappa shape index (κ1) is 32.6. The van der Waals surface area contributed by atoms with Crippen LogP contribution in [0.15, 0.2) is 127 Å². The fourth-order valence-electron chi connectivity index (χ4n) is 4.45. The molecule has 6 rings (SSSR count). The zero-order chi connectivity index (χ0) is 25.9. The summed E-state index contributed by atoms with van der Waals surface area (Å²) in [5, 5.41) is 5.41. The SMILES string of the molecule is CCN(CC)c1ccc2c(c1)[cH-]c1ccccc12.Cl.Cl.[C-]1=CC=CC1.[Hf+2]=[C](c1ccccc1)c1ccccc1. The Kier molecular flexibility index (Phi) is 14.3. The van der Waals surface area contributed by atoms with Crippen molar-refractivity contribution in [2.24, 2.45) is 0 Å². The Morgan fingerprint density at radius 2 is 1.31 bits per heavy atom. The molecule has 1 nitrogen and oxygen atoms in total. The van der Waals surface area contributed by atoms with E-state index in [0.717, 1.165) is 43.4 Å². The summed E-state index contributed by atoms with van der Waals surface area (Å²) in [6.45, 7) is 6.52. The number of anilines is 1. The molecule has 39 heavy (non-hydrogen) atoms. The Morgan fingerprint density at radius 1 is 0.744 bits per heavy atom. The van der Waals surface area contributed by atoms with Crippen LogP contribution < -0.4 is 4.90 Å². The minimum absolute atomic E-state index is 0. The van der Waals surface area contributed by atoms with E-state index in [0.29, 0.717) is 0 Å². The molecule has 0 heterocycles. The molecular weight excluding hydrogens is 684 g/mol. The fourth-order valence-corrected chi connectivity index (χ4v) is 5.65. The van der Waals surface area contributed by atoms with E-state index in [1.807, 2.05) is 12.2 Å². The van der Waals surface area contributed by atoms with E-state index in [4.69, 9.17) is 0 Å². The summed E-state index contributed by atoms with van der Waals surface area (Å²) in [5.41, 5.74) is 4.03. The molecule has 0 spiro atoms. The van der Waals surface area contributed by atoms with Crippen molar-refractivity contribution in [1.29, 1.82) is 0 Å². The van der Waals surface area contributed by atoms with E-state index in [1.165, 1.54) is 41.6 Å². The number of fused-ring (bicyclic) bond motifs is 3. The summed E-state index contributed by atoms with van der Waals surface area (Å²) in [6.07, 6.45) is 10.0. The summed E-state index contributed by atoms with van der Waals surface area (Å²) in [7, 11) is 0. The Balaban J connectivity index is 0.000000227. The van der Waals surface area contributed by atoms with Gasteiger partial charge in [-0.3, -0.25) is 6.08 Å². The van der Waals surface area contributed by atoms with Crippen LogP contribution in [-0.2, 0) is 23.9 Å². The van der Waals surface area contributed by atoms with Gasteiger partial charge in [0, 0.05) is 18.8 Å². The topological polar surface area (TPSA) is 3.24 Å². The van der Waals surface area contributed by atoms with Crippen molar-refractivity contribution in [3.63, 3.8) is 0 Å². The van der Waals surface area contributed by atoms with Gasteiger partial charge in [0.05, 0.1) is 0 Å². The van der Waals surface area contributed by atoms with Crippen molar-refractivity contribution in [2.75, 3.05) is 18.0 Å². The summed E-state index contributed by atoms with van der Waals surface area (Å²) < 4.78 is 1.46. The molecule has 0 saturated carbocycles. The average molecular weight is 719 g/mol. The zero-order valence-corrected chi connectivity index (χ0v) is 27.7. The Morgan fingerprint density at radius 3 is 1.82 bits per heavy atom. The van der Waals surface area contributed by atoms with E-state index in [-0.39, 0.29) is 24.8 Å². The summed E-state index contributed by atoms with van der Waals surface area (Å²) in [4.78, 5) is 2.39. The second-order valence-electron chi connectivity index (χ2n) is 8.79. The third kappa shape index (κ3) is 8.93. The van der Waals surface area contributed by atoms with Crippen molar-refractivity contribution < 1.29 is 23.9 Å². The average Bonchev–Trinajstić information content (AvgIpc) is 3.67. The van der Waals surface area contributed by atoms with Crippen LogP contribution in [0.25, 0.3) is 21.5 Å². The molecule has 0 amide bonds. The Labute approximate surface area is 260 Å². The number of hydrogen-bond donors (Lipinski definition) is 0. The number of allylic oxidation sites excluding steroid dienone is 4. The van der Waals surface area contributed by atoms with Crippen LogP contribution in [0.2, 0.25) is 0 Å². The first-order chi connectivity index (χ1) is 18.2. The van der Waals surface area contributed by atoms with E-state index in [1.54, 1.807) is 0 Å². The van der Waals surface area contributed by atoms with Gasteiger partial charge >= 0.3 is 98.9 Å². The number of nitrogens with zero attached hydrogens (tertiary/aromatic N) is 1. The molecule has 4 heteroatoms. The minimum atomic E-state index is 0. The molecule has 0 saturated heterocycles.